The molecule has 2 heterocycles. The van der Waals surface area contributed by atoms with Crippen LogP contribution in [-0.4, -0.2) is 51.4 Å². The van der Waals surface area contributed by atoms with Gasteiger partial charge >= 0.3 is 6.03 Å². The summed E-state index contributed by atoms with van der Waals surface area (Å²) in [4.78, 5) is 14.8. The van der Waals surface area contributed by atoms with Crippen molar-refractivity contribution in [1.82, 2.24) is 4.90 Å². The highest BCUT2D eigenvalue weighted by molar-refractivity contribution is 7.99. The van der Waals surface area contributed by atoms with Crippen molar-refractivity contribution in [3.8, 4) is 28.7 Å². The zero-order valence-corrected chi connectivity index (χ0v) is 17.2. The van der Waals surface area contributed by atoms with E-state index in [1.165, 1.54) is 0 Å². The lowest BCUT2D eigenvalue weighted by Crippen LogP contribution is -2.34. The molecule has 29 heavy (non-hydrogen) atoms. The summed E-state index contributed by atoms with van der Waals surface area (Å²) in [5, 5.41) is 2.73. The molecule has 0 spiro atoms. The molecule has 1 N–H and O–H groups in total. The zero-order chi connectivity index (χ0) is 20.4. The first-order valence-corrected chi connectivity index (χ1v) is 10.1. The molecule has 1 saturated heterocycles. The van der Waals surface area contributed by atoms with Crippen molar-refractivity contribution in [3.05, 3.63) is 35.9 Å². The fourth-order valence-corrected chi connectivity index (χ4v) is 4.62. The Bertz CT molecular complexity index is 922. The largest absolute Gasteiger partial charge is 0.496 e. The number of methoxy groups -OCH3 is 3. The third kappa shape index (κ3) is 3.69. The number of nitrogens with zero attached hydrogens (tertiary/aromatic N) is 1. The highest BCUT2D eigenvalue weighted by Crippen LogP contribution is 2.46. The van der Waals surface area contributed by atoms with Gasteiger partial charge in [0.15, 0.2) is 23.0 Å². The van der Waals surface area contributed by atoms with Gasteiger partial charge in [-0.3, -0.25) is 0 Å². The van der Waals surface area contributed by atoms with E-state index >= 15 is 0 Å². The summed E-state index contributed by atoms with van der Waals surface area (Å²) in [6, 6.07) is 8.78. The van der Waals surface area contributed by atoms with Crippen molar-refractivity contribution in [3.63, 3.8) is 0 Å². The molecule has 154 valence electrons. The van der Waals surface area contributed by atoms with Crippen LogP contribution in [0, 0.1) is 0 Å². The van der Waals surface area contributed by atoms with Crippen LogP contribution in [0.25, 0.3) is 0 Å². The SMILES string of the molecule is COc1cc(OC)c(C2SCCN2C(=O)Nc2ccc3c(c2)OCO3)cc1OC. The average molecular weight is 418 g/mol. The van der Waals surface area contributed by atoms with Crippen LogP contribution in [0.1, 0.15) is 10.9 Å². The smallest absolute Gasteiger partial charge is 0.323 e. The second kappa shape index (κ2) is 8.20. The van der Waals surface area contributed by atoms with Crippen molar-refractivity contribution in [2.75, 3.05) is 45.7 Å². The topological polar surface area (TPSA) is 78.5 Å². The summed E-state index contributed by atoms with van der Waals surface area (Å²) in [5.41, 5.74) is 1.50. The minimum absolute atomic E-state index is 0.191. The van der Waals surface area contributed by atoms with Gasteiger partial charge in [-0.15, -0.1) is 11.8 Å². The van der Waals surface area contributed by atoms with Crippen molar-refractivity contribution in [2.24, 2.45) is 0 Å². The molecule has 0 aliphatic carbocycles. The molecule has 2 aromatic rings. The van der Waals surface area contributed by atoms with Crippen LogP contribution in [-0.2, 0) is 0 Å². The van der Waals surface area contributed by atoms with Crippen LogP contribution in [0.2, 0.25) is 0 Å². The van der Waals surface area contributed by atoms with Crippen LogP contribution < -0.4 is 29.0 Å². The fraction of sp³-hybridized carbons (Fsp3) is 0.350. The summed E-state index contributed by atoms with van der Waals surface area (Å²) >= 11 is 1.67. The van der Waals surface area contributed by atoms with Gasteiger partial charge in [-0.1, -0.05) is 0 Å². The second-order valence-electron chi connectivity index (χ2n) is 6.36. The molecule has 2 aliphatic heterocycles. The Morgan fingerprint density at radius 3 is 2.52 bits per heavy atom. The number of thioether (sulfide) groups is 1. The summed E-state index contributed by atoms with van der Waals surface area (Å²) in [7, 11) is 4.76. The molecule has 0 saturated carbocycles. The molecule has 1 atom stereocenters. The number of hydrogen-bond donors (Lipinski definition) is 1. The number of urea groups is 1. The lowest BCUT2D eigenvalue weighted by Gasteiger charge is -2.26. The molecule has 0 aromatic heterocycles. The predicted molar refractivity (Wildman–Crippen MR) is 110 cm³/mol. The number of ether oxygens (including phenoxy) is 5. The highest BCUT2D eigenvalue weighted by atomic mass is 32.2. The van der Waals surface area contributed by atoms with Gasteiger partial charge in [0.2, 0.25) is 6.79 Å². The molecule has 0 bridgehead atoms. The Hall–Kier alpha value is -2.94. The van der Waals surface area contributed by atoms with E-state index in [1.807, 2.05) is 6.07 Å². The van der Waals surface area contributed by atoms with Crippen LogP contribution in [0.5, 0.6) is 28.7 Å². The van der Waals surface area contributed by atoms with Gasteiger partial charge in [-0.25, -0.2) is 4.79 Å². The van der Waals surface area contributed by atoms with E-state index in [-0.39, 0.29) is 18.2 Å². The van der Waals surface area contributed by atoms with Gasteiger partial charge in [-0.2, -0.15) is 0 Å². The quantitative estimate of drug-likeness (QED) is 0.793. The summed E-state index contributed by atoms with van der Waals surface area (Å²) in [5.74, 6) is 3.92. The molecule has 8 nitrogen and oxygen atoms in total. The van der Waals surface area contributed by atoms with Crippen molar-refractivity contribution in [1.29, 1.82) is 0 Å². The number of anilines is 1. The maximum Gasteiger partial charge on any atom is 0.323 e. The van der Waals surface area contributed by atoms with Crippen molar-refractivity contribution >= 4 is 23.5 Å². The van der Waals surface area contributed by atoms with Crippen molar-refractivity contribution in [2.45, 2.75) is 5.37 Å². The van der Waals surface area contributed by atoms with Gasteiger partial charge in [0.1, 0.15) is 11.1 Å². The molecule has 9 heteroatoms. The minimum atomic E-state index is -0.209. The van der Waals surface area contributed by atoms with Gasteiger partial charge in [0, 0.05) is 35.7 Å². The Morgan fingerprint density at radius 2 is 1.76 bits per heavy atom. The molecular formula is C20H22N2O6S. The zero-order valence-electron chi connectivity index (χ0n) is 16.4. The summed E-state index contributed by atoms with van der Waals surface area (Å²) in [6.45, 7) is 0.805. The molecule has 2 aromatic carbocycles. The first-order chi connectivity index (χ1) is 14.1. The second-order valence-corrected chi connectivity index (χ2v) is 7.55. The Labute approximate surface area is 173 Å². The molecule has 2 aliphatic rings. The predicted octanol–water partition coefficient (Wildman–Crippen LogP) is 3.72. The Kier molecular flexibility index (Phi) is 5.48. The molecular weight excluding hydrogens is 396 g/mol. The number of rotatable bonds is 5. The Balaban J connectivity index is 1.58. The lowest BCUT2D eigenvalue weighted by molar-refractivity contribution is 0.174. The van der Waals surface area contributed by atoms with Gasteiger partial charge < -0.3 is 33.9 Å². The highest BCUT2D eigenvalue weighted by Gasteiger charge is 2.34. The Morgan fingerprint density at radius 1 is 1.03 bits per heavy atom. The van der Waals surface area contributed by atoms with E-state index in [0.29, 0.717) is 41.0 Å². The number of hydrogen-bond acceptors (Lipinski definition) is 7. The minimum Gasteiger partial charge on any atom is -0.496 e. The molecule has 0 radical (unpaired) electrons. The molecule has 4 rings (SSSR count). The molecule has 1 fully saturated rings. The van der Waals surface area contributed by atoms with Crippen LogP contribution in [0.15, 0.2) is 30.3 Å². The maximum absolute atomic E-state index is 13.0. The third-order valence-corrected chi connectivity index (χ3v) is 6.02. The summed E-state index contributed by atoms with van der Waals surface area (Å²) < 4.78 is 27.0. The first-order valence-electron chi connectivity index (χ1n) is 9.03. The standard InChI is InChI=1S/C20H22N2O6S/c1-24-15-10-17(26-3)16(25-2)9-13(15)19-22(6-7-29-19)20(23)21-12-4-5-14-18(8-12)28-11-27-14/h4-5,8-10,19H,6-7,11H2,1-3H3,(H,21,23). The molecule has 2 amide bonds. The maximum atomic E-state index is 13.0. The van der Waals surface area contributed by atoms with E-state index in [9.17, 15) is 4.79 Å². The van der Waals surface area contributed by atoms with E-state index < -0.39 is 0 Å². The first kappa shape index (κ1) is 19.4. The average Bonchev–Trinajstić information content (AvgIpc) is 3.41. The van der Waals surface area contributed by atoms with Crippen molar-refractivity contribution < 1.29 is 28.5 Å². The summed E-state index contributed by atoms with van der Waals surface area (Å²) in [6.07, 6.45) is 0. The normalized spacial score (nSPS) is 17.2. The lowest BCUT2D eigenvalue weighted by atomic mass is 10.1. The van der Waals surface area contributed by atoms with E-state index in [2.05, 4.69) is 5.32 Å². The number of benzene rings is 2. The monoisotopic (exact) mass is 418 g/mol. The van der Waals surface area contributed by atoms with Crippen LogP contribution >= 0.6 is 11.8 Å². The number of nitrogens with one attached hydrogen (secondary N) is 1. The van der Waals surface area contributed by atoms with E-state index in [0.717, 1.165) is 11.3 Å². The van der Waals surface area contributed by atoms with E-state index in [4.69, 9.17) is 23.7 Å². The van der Waals surface area contributed by atoms with Crippen LogP contribution in [0.4, 0.5) is 10.5 Å². The molecule has 1 unspecified atom stereocenters. The van der Waals surface area contributed by atoms with Crippen LogP contribution in [0.3, 0.4) is 0 Å². The number of carbonyl (C=O) groups excluding carboxylic acids is 1. The van der Waals surface area contributed by atoms with Gasteiger partial charge in [0.05, 0.1) is 21.3 Å². The van der Waals surface area contributed by atoms with E-state index in [1.54, 1.807) is 62.3 Å². The number of fused-ring (bicyclic) bond motifs is 1. The fourth-order valence-electron chi connectivity index (χ4n) is 3.35. The number of carbonyl (C=O) groups is 1. The third-order valence-electron chi connectivity index (χ3n) is 4.78. The number of amides is 2. The van der Waals surface area contributed by atoms with Gasteiger partial charge in [-0.05, 0) is 18.2 Å². The van der Waals surface area contributed by atoms with Gasteiger partial charge in [0.25, 0.3) is 0 Å².